The fourth-order valence-electron chi connectivity index (χ4n) is 3.41. The fraction of sp³-hybridized carbons (Fsp3) is 0.286. The maximum atomic E-state index is 6.15. The number of aromatic nitrogens is 2. The molecule has 4 nitrogen and oxygen atoms in total. The molecule has 0 N–H and O–H groups in total. The number of aryl methyl sites for hydroxylation is 1. The minimum absolute atomic E-state index is 0.741. The van der Waals surface area contributed by atoms with Crippen LogP contribution in [-0.2, 0) is 6.54 Å². The molecule has 0 unspecified atom stereocenters. The molecule has 0 atom stereocenters. The van der Waals surface area contributed by atoms with E-state index in [0.717, 1.165) is 49.4 Å². The van der Waals surface area contributed by atoms with E-state index in [4.69, 9.17) is 11.6 Å². The Kier molecular flexibility index (Phi) is 4.96. The lowest BCUT2D eigenvalue weighted by Gasteiger charge is -2.35. The fourth-order valence-corrected chi connectivity index (χ4v) is 3.60. The van der Waals surface area contributed by atoms with Crippen molar-refractivity contribution in [1.82, 2.24) is 14.5 Å². The van der Waals surface area contributed by atoms with Gasteiger partial charge in [0.25, 0.3) is 0 Å². The lowest BCUT2D eigenvalue weighted by atomic mass is 10.1. The molecule has 5 heteroatoms. The van der Waals surface area contributed by atoms with Gasteiger partial charge < -0.3 is 4.90 Å². The first-order chi connectivity index (χ1) is 12.7. The maximum Gasteiger partial charge on any atom is 0.210 e. The lowest BCUT2D eigenvalue weighted by Crippen LogP contribution is -2.46. The van der Waals surface area contributed by atoms with E-state index in [1.165, 1.54) is 11.1 Å². The first-order valence-corrected chi connectivity index (χ1v) is 9.39. The van der Waals surface area contributed by atoms with Crippen LogP contribution in [0, 0.1) is 6.92 Å². The normalized spacial score (nSPS) is 15.4. The number of nitrogens with zero attached hydrogens (tertiary/aromatic N) is 4. The molecule has 0 amide bonds. The van der Waals surface area contributed by atoms with Gasteiger partial charge in [0.05, 0.1) is 0 Å². The van der Waals surface area contributed by atoms with E-state index >= 15 is 0 Å². The summed E-state index contributed by atoms with van der Waals surface area (Å²) in [6.45, 7) is 7.17. The molecule has 0 radical (unpaired) electrons. The van der Waals surface area contributed by atoms with Gasteiger partial charge in [0.1, 0.15) is 0 Å². The second-order valence-electron chi connectivity index (χ2n) is 6.83. The van der Waals surface area contributed by atoms with Crippen LogP contribution in [0.5, 0.6) is 0 Å². The highest BCUT2D eigenvalue weighted by atomic mass is 35.5. The molecule has 4 rings (SSSR count). The van der Waals surface area contributed by atoms with Gasteiger partial charge in [0.15, 0.2) is 0 Å². The van der Waals surface area contributed by atoms with E-state index in [1.807, 2.05) is 30.6 Å². The zero-order valence-corrected chi connectivity index (χ0v) is 15.7. The van der Waals surface area contributed by atoms with Gasteiger partial charge >= 0.3 is 0 Å². The minimum Gasteiger partial charge on any atom is -0.339 e. The Bertz CT molecular complexity index is 864. The highest BCUT2D eigenvalue weighted by Crippen LogP contribution is 2.22. The Morgan fingerprint density at radius 3 is 2.50 bits per heavy atom. The van der Waals surface area contributed by atoms with E-state index < -0.39 is 0 Å². The van der Waals surface area contributed by atoms with E-state index in [9.17, 15) is 0 Å². The van der Waals surface area contributed by atoms with Gasteiger partial charge in [-0.2, -0.15) is 0 Å². The SMILES string of the molecule is Cc1ccc(CN2CCN(c3nccn3-c3cccc(Cl)c3)CC2)cc1. The zero-order chi connectivity index (χ0) is 17.9. The average molecular weight is 367 g/mol. The molecule has 1 aliphatic rings. The molecule has 1 aromatic heterocycles. The topological polar surface area (TPSA) is 24.3 Å². The van der Waals surface area contributed by atoms with E-state index in [1.54, 1.807) is 0 Å². The molecular weight excluding hydrogens is 344 g/mol. The van der Waals surface area contributed by atoms with Crippen LogP contribution in [0.25, 0.3) is 5.69 Å². The first-order valence-electron chi connectivity index (χ1n) is 9.01. The Hall–Kier alpha value is -2.30. The Morgan fingerprint density at radius 1 is 1.00 bits per heavy atom. The standard InChI is InChI=1S/C21H23ClN4/c1-17-5-7-18(8-6-17)16-24-11-13-25(14-12-24)21-23-9-10-26(21)20-4-2-3-19(22)15-20/h2-10,15H,11-14,16H2,1H3. The highest BCUT2D eigenvalue weighted by Gasteiger charge is 2.21. The lowest BCUT2D eigenvalue weighted by molar-refractivity contribution is 0.248. The van der Waals surface area contributed by atoms with Crippen molar-refractivity contribution >= 4 is 17.5 Å². The predicted molar refractivity (Wildman–Crippen MR) is 107 cm³/mol. The molecule has 0 aliphatic carbocycles. The summed E-state index contributed by atoms with van der Waals surface area (Å²) in [6, 6.07) is 16.7. The van der Waals surface area contributed by atoms with E-state index in [0.29, 0.717) is 0 Å². The van der Waals surface area contributed by atoms with Crippen molar-refractivity contribution in [3.05, 3.63) is 77.1 Å². The molecule has 2 aromatic carbocycles. The van der Waals surface area contributed by atoms with Crippen molar-refractivity contribution in [2.75, 3.05) is 31.1 Å². The molecule has 1 aliphatic heterocycles. The number of hydrogen-bond acceptors (Lipinski definition) is 3. The number of halogens is 1. The summed E-state index contributed by atoms with van der Waals surface area (Å²) in [5.74, 6) is 0.988. The molecule has 3 aromatic rings. The van der Waals surface area contributed by atoms with Gasteiger partial charge in [-0.1, -0.05) is 47.5 Å². The van der Waals surface area contributed by atoms with Gasteiger partial charge in [0.2, 0.25) is 5.95 Å². The summed E-state index contributed by atoms with van der Waals surface area (Å²) in [6.07, 6.45) is 3.86. The zero-order valence-electron chi connectivity index (χ0n) is 15.0. The number of imidazole rings is 1. The van der Waals surface area contributed by atoms with Gasteiger partial charge in [-0.05, 0) is 30.7 Å². The van der Waals surface area contributed by atoms with Crippen molar-refractivity contribution in [3.8, 4) is 5.69 Å². The van der Waals surface area contributed by atoms with Crippen LogP contribution in [0.3, 0.4) is 0 Å². The number of benzene rings is 2. The van der Waals surface area contributed by atoms with Crippen LogP contribution < -0.4 is 4.90 Å². The molecular formula is C21H23ClN4. The second kappa shape index (κ2) is 7.52. The van der Waals surface area contributed by atoms with Crippen molar-refractivity contribution in [2.45, 2.75) is 13.5 Å². The van der Waals surface area contributed by atoms with Crippen LogP contribution in [-0.4, -0.2) is 40.6 Å². The third kappa shape index (κ3) is 3.76. The molecule has 134 valence electrons. The molecule has 2 heterocycles. The van der Waals surface area contributed by atoms with Gasteiger partial charge in [-0.25, -0.2) is 4.98 Å². The summed E-state index contributed by atoms with van der Waals surface area (Å²) in [7, 11) is 0. The summed E-state index contributed by atoms with van der Waals surface area (Å²) in [5, 5.41) is 0.741. The third-order valence-electron chi connectivity index (χ3n) is 4.89. The van der Waals surface area contributed by atoms with E-state index in [-0.39, 0.29) is 0 Å². The molecule has 26 heavy (non-hydrogen) atoms. The smallest absolute Gasteiger partial charge is 0.210 e. The number of hydrogen-bond donors (Lipinski definition) is 0. The largest absolute Gasteiger partial charge is 0.339 e. The monoisotopic (exact) mass is 366 g/mol. The number of piperazine rings is 1. The first kappa shape index (κ1) is 17.1. The maximum absolute atomic E-state index is 6.15. The Labute approximate surface area is 159 Å². The number of rotatable bonds is 4. The van der Waals surface area contributed by atoms with Gasteiger partial charge in [-0.3, -0.25) is 9.47 Å². The van der Waals surface area contributed by atoms with Crippen molar-refractivity contribution < 1.29 is 0 Å². The molecule has 0 bridgehead atoms. The summed E-state index contributed by atoms with van der Waals surface area (Å²) < 4.78 is 2.11. The van der Waals surface area contributed by atoms with Crippen molar-refractivity contribution in [3.63, 3.8) is 0 Å². The minimum atomic E-state index is 0.741. The second-order valence-corrected chi connectivity index (χ2v) is 7.26. The van der Waals surface area contributed by atoms with Gasteiger partial charge in [0, 0.05) is 55.8 Å². The van der Waals surface area contributed by atoms with E-state index in [2.05, 4.69) is 56.6 Å². The number of anilines is 1. The van der Waals surface area contributed by atoms with Crippen LogP contribution in [0.4, 0.5) is 5.95 Å². The molecule has 1 saturated heterocycles. The van der Waals surface area contributed by atoms with Crippen LogP contribution in [0.1, 0.15) is 11.1 Å². The van der Waals surface area contributed by atoms with Gasteiger partial charge in [-0.15, -0.1) is 0 Å². The summed E-state index contributed by atoms with van der Waals surface area (Å²) in [5.41, 5.74) is 3.74. The molecule has 1 fully saturated rings. The Morgan fingerprint density at radius 2 is 1.77 bits per heavy atom. The average Bonchev–Trinajstić information content (AvgIpc) is 3.14. The molecule has 0 spiro atoms. The van der Waals surface area contributed by atoms with Crippen molar-refractivity contribution in [1.29, 1.82) is 0 Å². The van der Waals surface area contributed by atoms with Crippen LogP contribution >= 0.6 is 11.6 Å². The highest BCUT2D eigenvalue weighted by molar-refractivity contribution is 6.30. The summed E-state index contributed by atoms with van der Waals surface area (Å²) >= 11 is 6.15. The third-order valence-corrected chi connectivity index (χ3v) is 5.12. The molecule has 0 saturated carbocycles. The van der Waals surface area contributed by atoms with Crippen LogP contribution in [0.2, 0.25) is 5.02 Å². The quantitative estimate of drug-likeness (QED) is 0.693. The predicted octanol–water partition coefficient (Wildman–Crippen LogP) is 4.16. The van der Waals surface area contributed by atoms with Crippen molar-refractivity contribution in [2.24, 2.45) is 0 Å². The Balaban J connectivity index is 1.42. The van der Waals surface area contributed by atoms with Crippen LogP contribution in [0.15, 0.2) is 60.9 Å². The summed E-state index contributed by atoms with van der Waals surface area (Å²) in [4.78, 5) is 9.45.